The number of ether oxygens (including phenoxy) is 3. The van der Waals surface area contributed by atoms with Gasteiger partial charge in [0.05, 0.1) is 25.2 Å². The minimum Gasteiger partial charge on any atom is -0.497 e. The van der Waals surface area contributed by atoms with Crippen LogP contribution in [0, 0.1) is 3.57 Å². The zero-order valence-corrected chi connectivity index (χ0v) is 22.5. The van der Waals surface area contributed by atoms with E-state index in [4.69, 9.17) is 14.2 Å². The molecule has 0 saturated carbocycles. The highest BCUT2D eigenvalue weighted by atomic mass is 127. The summed E-state index contributed by atoms with van der Waals surface area (Å²) < 4.78 is 45.1. The minimum atomic E-state index is -3.86. The number of aliphatic hydroxyl groups is 1. The number of carbonyl (C=O) groups excluding carboxylic acids is 1. The first-order valence-electron chi connectivity index (χ1n) is 11.0. The average Bonchev–Trinajstić information content (AvgIpc) is 2.88. The minimum absolute atomic E-state index is 0.00199. The molecule has 35 heavy (non-hydrogen) atoms. The Morgan fingerprint density at radius 3 is 2.46 bits per heavy atom. The van der Waals surface area contributed by atoms with Crippen LogP contribution in [0.2, 0.25) is 0 Å². The maximum absolute atomic E-state index is 13.1. The molecule has 1 heterocycles. The molecule has 1 aliphatic heterocycles. The number of hydrogen-bond donors (Lipinski definition) is 2. The predicted octanol–water partition coefficient (Wildman–Crippen LogP) is 2.46. The molecule has 0 aromatic heterocycles. The number of halogens is 1. The monoisotopic (exact) mass is 616 g/mol. The largest absolute Gasteiger partial charge is 0.497 e. The maximum Gasteiger partial charge on any atom is 0.285 e. The summed E-state index contributed by atoms with van der Waals surface area (Å²) in [5.74, 6) is 0.232. The Morgan fingerprint density at radius 1 is 1.17 bits per heavy atom. The number of benzene rings is 2. The van der Waals surface area contributed by atoms with Crippen molar-refractivity contribution in [2.75, 3.05) is 40.5 Å². The fourth-order valence-electron chi connectivity index (χ4n) is 3.63. The number of sulfonamides is 1. The van der Waals surface area contributed by atoms with Crippen LogP contribution in [0.15, 0.2) is 65.3 Å². The lowest BCUT2D eigenvalue weighted by Gasteiger charge is -2.30. The molecule has 1 aliphatic rings. The number of methoxy groups -OCH3 is 1. The van der Waals surface area contributed by atoms with Crippen molar-refractivity contribution in [2.24, 2.45) is 0 Å². The van der Waals surface area contributed by atoms with Crippen LogP contribution in [0.3, 0.4) is 0 Å². The first-order chi connectivity index (χ1) is 16.8. The van der Waals surface area contributed by atoms with Crippen LogP contribution >= 0.6 is 22.6 Å². The van der Waals surface area contributed by atoms with Crippen molar-refractivity contribution < 1.29 is 32.5 Å². The molecule has 1 amide bonds. The Morgan fingerprint density at radius 2 is 1.86 bits per heavy atom. The fraction of sp³-hybridized carbons (Fsp3) is 0.375. The summed E-state index contributed by atoms with van der Waals surface area (Å²) in [5, 5.41) is 12.0. The molecule has 0 bridgehead atoms. The van der Waals surface area contributed by atoms with Gasteiger partial charge in [-0.2, -0.15) is 4.31 Å². The second-order valence-electron chi connectivity index (χ2n) is 7.73. The molecule has 2 aromatic rings. The van der Waals surface area contributed by atoms with Gasteiger partial charge in [-0.25, -0.2) is 8.42 Å². The van der Waals surface area contributed by atoms with E-state index in [1.54, 1.807) is 18.2 Å². The number of likely N-dealkylation sites (N-methyl/N-ethyl adjacent to an activating group) is 1. The second-order valence-corrected chi connectivity index (χ2v) is 10.9. The smallest absolute Gasteiger partial charge is 0.285 e. The lowest BCUT2D eigenvalue weighted by molar-refractivity contribution is -0.146. The fourth-order valence-corrected chi connectivity index (χ4v) is 5.40. The molecule has 0 fully saturated rings. The van der Waals surface area contributed by atoms with Crippen molar-refractivity contribution in [2.45, 2.75) is 23.5 Å². The first-order valence-corrected chi connectivity index (χ1v) is 13.5. The van der Waals surface area contributed by atoms with Crippen LogP contribution in [0.5, 0.6) is 5.75 Å². The first kappa shape index (κ1) is 27.4. The van der Waals surface area contributed by atoms with E-state index in [2.05, 4.69) is 27.9 Å². The zero-order valence-electron chi connectivity index (χ0n) is 19.5. The molecule has 0 aliphatic carbocycles. The number of nitrogens with one attached hydrogen (secondary N) is 1. The molecule has 0 unspecified atom stereocenters. The number of rotatable bonds is 11. The van der Waals surface area contributed by atoms with E-state index < -0.39 is 16.3 Å². The number of allylic oxidation sites excluding steroid dienone is 1. The van der Waals surface area contributed by atoms with E-state index in [1.807, 2.05) is 24.3 Å². The Bertz CT molecular complexity index is 1120. The number of aliphatic hydroxyl groups excluding tert-OH is 1. The van der Waals surface area contributed by atoms with Crippen molar-refractivity contribution in [1.29, 1.82) is 0 Å². The molecule has 9 nitrogen and oxygen atoms in total. The van der Waals surface area contributed by atoms with Gasteiger partial charge in [-0.05, 0) is 70.6 Å². The van der Waals surface area contributed by atoms with Crippen molar-refractivity contribution in [3.63, 3.8) is 0 Å². The molecule has 2 N–H and O–H groups in total. The van der Waals surface area contributed by atoms with E-state index >= 15 is 0 Å². The van der Waals surface area contributed by atoms with Gasteiger partial charge in [-0.3, -0.25) is 4.79 Å². The summed E-state index contributed by atoms with van der Waals surface area (Å²) in [6.45, 7) is -0.409. The second kappa shape index (κ2) is 12.7. The third-order valence-electron chi connectivity index (χ3n) is 5.50. The molecule has 0 spiro atoms. The average molecular weight is 616 g/mol. The molecular weight excluding hydrogens is 587 g/mol. The van der Waals surface area contributed by atoms with Crippen LogP contribution in [0.4, 0.5) is 0 Å². The molecule has 0 radical (unpaired) electrons. The van der Waals surface area contributed by atoms with Gasteiger partial charge < -0.3 is 24.6 Å². The highest BCUT2D eigenvalue weighted by molar-refractivity contribution is 14.1. The summed E-state index contributed by atoms with van der Waals surface area (Å²) >= 11 is 2.23. The normalized spacial score (nSPS) is 18.0. The van der Waals surface area contributed by atoms with Gasteiger partial charge in [-0.15, -0.1) is 0 Å². The molecule has 2 atom stereocenters. The highest BCUT2D eigenvalue weighted by Crippen LogP contribution is 2.32. The summed E-state index contributed by atoms with van der Waals surface area (Å²) in [4.78, 5) is 12.3. The third kappa shape index (κ3) is 7.17. The Hall–Kier alpha value is -2.19. The predicted molar refractivity (Wildman–Crippen MR) is 138 cm³/mol. The van der Waals surface area contributed by atoms with Crippen molar-refractivity contribution >= 4 is 38.5 Å². The Balaban J connectivity index is 1.69. The summed E-state index contributed by atoms with van der Waals surface area (Å²) in [5.41, 5.74) is 1.02. The zero-order chi connectivity index (χ0) is 25.4. The van der Waals surface area contributed by atoms with Crippen LogP contribution in [0.1, 0.15) is 17.9 Å². The quantitative estimate of drug-likeness (QED) is 0.373. The molecule has 11 heteroatoms. The van der Waals surface area contributed by atoms with Gasteiger partial charge >= 0.3 is 0 Å². The lowest BCUT2D eigenvalue weighted by atomic mass is 9.93. The van der Waals surface area contributed by atoms with Crippen molar-refractivity contribution in [1.82, 2.24) is 9.62 Å². The number of amides is 1. The number of carbonyl (C=O) groups is 1. The lowest BCUT2D eigenvalue weighted by Crippen LogP contribution is -2.38. The summed E-state index contributed by atoms with van der Waals surface area (Å²) in [6, 6.07) is 14.0. The maximum atomic E-state index is 13.1. The van der Waals surface area contributed by atoms with Crippen molar-refractivity contribution in [3.05, 3.63) is 69.5 Å². The Kier molecular flexibility index (Phi) is 9.92. The van der Waals surface area contributed by atoms with Crippen LogP contribution in [-0.4, -0.2) is 70.5 Å². The van der Waals surface area contributed by atoms with E-state index in [-0.39, 0.29) is 48.8 Å². The van der Waals surface area contributed by atoms with E-state index in [1.165, 1.54) is 26.3 Å². The van der Waals surface area contributed by atoms with Crippen LogP contribution in [-0.2, 0) is 24.3 Å². The van der Waals surface area contributed by atoms with Crippen LogP contribution in [0.25, 0.3) is 0 Å². The van der Waals surface area contributed by atoms with E-state index in [9.17, 15) is 18.3 Å². The molecule has 0 saturated heterocycles. The summed E-state index contributed by atoms with van der Waals surface area (Å²) in [7, 11) is -0.835. The molecule has 190 valence electrons. The SMILES string of the molecule is CNC(=O)C1=C[C@@H](c2ccc(I)cc2)C[C@@H](OCCN(CCO)S(=O)(=O)c2ccc(OC)cc2)O1. The van der Waals surface area contributed by atoms with Gasteiger partial charge in [-0.1, -0.05) is 12.1 Å². The van der Waals surface area contributed by atoms with Gasteiger partial charge in [0.25, 0.3) is 5.91 Å². The number of hydrogen-bond acceptors (Lipinski definition) is 7. The highest BCUT2D eigenvalue weighted by Gasteiger charge is 2.29. The standard InChI is InChI=1S/C24H29IN2O7S/c1-26-24(29)22-15-18(17-3-5-19(25)6-4-17)16-23(34-22)33-14-12-27(11-13-28)35(30,31)21-9-7-20(32-2)8-10-21/h3-10,15,18,23,28H,11-14,16H2,1-2H3,(H,26,29)/t18-,23+/m1/s1. The van der Waals surface area contributed by atoms with Crippen molar-refractivity contribution in [3.8, 4) is 5.75 Å². The van der Waals surface area contributed by atoms with Gasteiger partial charge in [0.15, 0.2) is 5.76 Å². The molecular formula is C24H29IN2O7S. The van der Waals surface area contributed by atoms with Gasteiger partial charge in [0.2, 0.25) is 16.3 Å². The topological polar surface area (TPSA) is 114 Å². The molecule has 2 aromatic carbocycles. The molecule has 3 rings (SSSR count). The van der Waals surface area contributed by atoms with Gasteiger partial charge in [0, 0.05) is 36.0 Å². The Labute approximate surface area is 219 Å². The van der Waals surface area contributed by atoms with Crippen LogP contribution < -0.4 is 10.1 Å². The van der Waals surface area contributed by atoms with Gasteiger partial charge in [0.1, 0.15) is 5.75 Å². The number of nitrogens with zero attached hydrogens (tertiary/aromatic N) is 1. The third-order valence-corrected chi connectivity index (χ3v) is 8.13. The van der Waals surface area contributed by atoms with E-state index in [0.717, 1.165) is 13.4 Å². The summed E-state index contributed by atoms with van der Waals surface area (Å²) in [6.07, 6.45) is 1.50. The van der Waals surface area contributed by atoms with E-state index in [0.29, 0.717) is 12.2 Å².